The first-order valence-corrected chi connectivity index (χ1v) is 10.7. The van der Waals surface area contributed by atoms with Gasteiger partial charge in [0.2, 0.25) is 5.91 Å². The quantitative estimate of drug-likeness (QED) is 0.621. The Morgan fingerprint density at radius 3 is 2.81 bits per heavy atom. The summed E-state index contributed by atoms with van der Waals surface area (Å²) in [6, 6.07) is 6.17. The molecule has 0 atom stereocenters. The van der Waals surface area contributed by atoms with Crippen molar-refractivity contribution in [2.75, 3.05) is 18.5 Å². The zero-order valence-corrected chi connectivity index (χ0v) is 17.6. The topological polar surface area (TPSA) is 105 Å². The minimum Gasteiger partial charge on any atom is -0.446 e. The van der Waals surface area contributed by atoms with Gasteiger partial charge in [0.25, 0.3) is 0 Å². The van der Waals surface area contributed by atoms with Crippen LogP contribution in [-0.2, 0) is 20.8 Å². The van der Waals surface area contributed by atoms with Crippen molar-refractivity contribution in [2.45, 2.75) is 44.2 Å². The Kier molecular flexibility index (Phi) is 6.72. The van der Waals surface area contributed by atoms with E-state index in [-0.39, 0.29) is 41.0 Å². The van der Waals surface area contributed by atoms with E-state index in [0.29, 0.717) is 31.9 Å². The molecule has 1 aromatic heterocycles. The van der Waals surface area contributed by atoms with E-state index < -0.39 is 11.9 Å². The first-order chi connectivity index (χ1) is 15.0. The molecular weight excluding hydrogens is 427 g/mol. The van der Waals surface area contributed by atoms with Crippen LogP contribution < -0.4 is 10.6 Å². The number of ether oxygens (including phenoxy) is 2. The Labute approximate surface area is 183 Å². The number of nitrogens with zero attached hydrogens (tertiary/aromatic N) is 1. The Bertz CT molecular complexity index is 921. The van der Waals surface area contributed by atoms with Crippen molar-refractivity contribution in [2.24, 2.45) is 5.92 Å². The average molecular weight is 451 g/mol. The second-order valence-electron chi connectivity index (χ2n) is 7.83. The molecule has 31 heavy (non-hydrogen) atoms. The van der Waals surface area contributed by atoms with Crippen LogP contribution in [0.5, 0.6) is 0 Å². The summed E-state index contributed by atoms with van der Waals surface area (Å²) < 4.78 is 24.4. The molecule has 1 aliphatic carbocycles. The van der Waals surface area contributed by atoms with Gasteiger partial charge in [0.1, 0.15) is 11.9 Å². The monoisotopic (exact) mass is 450 g/mol. The minimum absolute atomic E-state index is 0.0391. The summed E-state index contributed by atoms with van der Waals surface area (Å²) in [5.41, 5.74) is 1.11. The maximum atomic E-state index is 13.7. The van der Waals surface area contributed by atoms with Crippen molar-refractivity contribution in [1.82, 2.24) is 15.5 Å². The molecule has 3 N–H and O–H groups in total. The molecule has 0 radical (unpaired) electrons. The van der Waals surface area contributed by atoms with E-state index in [1.54, 1.807) is 6.07 Å². The molecule has 0 spiro atoms. The van der Waals surface area contributed by atoms with Gasteiger partial charge in [0, 0.05) is 47.4 Å². The molecule has 1 aromatic carbocycles. The number of nitrogens with one attached hydrogen (secondary N) is 3. The lowest BCUT2D eigenvalue weighted by atomic mass is 9.80. The fourth-order valence-electron chi connectivity index (χ4n) is 3.77. The predicted octanol–water partition coefficient (Wildman–Crippen LogP) is 3.74. The fraction of sp³-hybridized carbons (Fsp3) is 0.476. The number of aromatic nitrogens is 2. The maximum absolute atomic E-state index is 13.7. The molecular formula is C21H24ClFN4O4. The Balaban J connectivity index is 1.20. The number of hydrogen-bond acceptors (Lipinski definition) is 5. The van der Waals surface area contributed by atoms with Gasteiger partial charge in [-0.25, -0.2) is 9.18 Å². The van der Waals surface area contributed by atoms with Gasteiger partial charge in [-0.1, -0.05) is 17.7 Å². The van der Waals surface area contributed by atoms with E-state index in [0.717, 1.165) is 18.5 Å². The Hall–Kier alpha value is -2.65. The smallest absolute Gasteiger partial charge is 0.407 e. The van der Waals surface area contributed by atoms with Crippen molar-refractivity contribution in [1.29, 1.82) is 0 Å². The van der Waals surface area contributed by atoms with E-state index in [2.05, 4.69) is 20.8 Å². The maximum Gasteiger partial charge on any atom is 0.407 e. The van der Waals surface area contributed by atoms with Gasteiger partial charge in [-0.3, -0.25) is 9.89 Å². The highest BCUT2D eigenvalue weighted by atomic mass is 35.5. The molecule has 10 heteroatoms. The van der Waals surface area contributed by atoms with Crippen molar-refractivity contribution in [3.05, 3.63) is 46.4 Å². The van der Waals surface area contributed by atoms with Gasteiger partial charge in [-0.15, -0.1) is 0 Å². The van der Waals surface area contributed by atoms with Crippen molar-refractivity contribution in [3.63, 3.8) is 0 Å². The number of anilines is 1. The zero-order chi connectivity index (χ0) is 21.8. The van der Waals surface area contributed by atoms with Gasteiger partial charge >= 0.3 is 6.09 Å². The molecule has 1 saturated carbocycles. The molecule has 1 aliphatic heterocycles. The summed E-state index contributed by atoms with van der Waals surface area (Å²) in [4.78, 5) is 24.3. The summed E-state index contributed by atoms with van der Waals surface area (Å²) in [7, 11) is 0. The van der Waals surface area contributed by atoms with Crippen LogP contribution >= 0.6 is 11.6 Å². The molecule has 2 heterocycles. The lowest BCUT2D eigenvalue weighted by Gasteiger charge is -2.33. The van der Waals surface area contributed by atoms with Crippen LogP contribution in [-0.4, -0.2) is 41.5 Å². The first kappa shape index (κ1) is 21.6. The molecule has 2 aliphatic rings. The van der Waals surface area contributed by atoms with E-state index >= 15 is 0 Å². The summed E-state index contributed by atoms with van der Waals surface area (Å²) in [6.07, 6.45) is 1.88. The second kappa shape index (κ2) is 9.65. The summed E-state index contributed by atoms with van der Waals surface area (Å²) in [5.74, 6) is 0.0989. The lowest BCUT2D eigenvalue weighted by molar-refractivity contribution is -0.122. The van der Waals surface area contributed by atoms with Gasteiger partial charge in [0.05, 0.1) is 6.54 Å². The molecule has 1 saturated heterocycles. The summed E-state index contributed by atoms with van der Waals surface area (Å²) >= 11 is 5.95. The molecule has 4 rings (SSSR count). The molecule has 2 amide bonds. The fourth-order valence-corrected chi connectivity index (χ4v) is 4.00. The van der Waals surface area contributed by atoms with Crippen LogP contribution in [0, 0.1) is 11.7 Å². The third-order valence-corrected chi connectivity index (χ3v) is 6.07. The van der Waals surface area contributed by atoms with Crippen LogP contribution in [0.2, 0.25) is 5.02 Å². The number of benzene rings is 1. The highest BCUT2D eigenvalue weighted by Crippen LogP contribution is 2.38. The van der Waals surface area contributed by atoms with Gasteiger partial charge in [0.15, 0.2) is 5.82 Å². The molecule has 0 bridgehead atoms. The van der Waals surface area contributed by atoms with E-state index in [4.69, 9.17) is 21.1 Å². The lowest BCUT2D eigenvalue weighted by Crippen LogP contribution is -2.36. The largest absolute Gasteiger partial charge is 0.446 e. The third-order valence-electron chi connectivity index (χ3n) is 5.72. The SMILES string of the molecule is O=C(NCc1c(F)cccc1Cl)O[C@H]1C[C@@H](c2cc(NC(=O)C3CCOCC3)n[nH]2)C1. The number of aromatic amines is 1. The van der Waals surface area contributed by atoms with Crippen molar-refractivity contribution in [3.8, 4) is 0 Å². The highest BCUT2D eigenvalue weighted by Gasteiger charge is 2.34. The molecule has 8 nitrogen and oxygen atoms in total. The van der Waals surface area contributed by atoms with Crippen LogP contribution in [0.3, 0.4) is 0 Å². The zero-order valence-electron chi connectivity index (χ0n) is 16.8. The molecule has 0 unspecified atom stereocenters. The van der Waals surface area contributed by atoms with E-state index in [1.807, 2.05) is 6.07 Å². The Morgan fingerprint density at radius 1 is 1.29 bits per heavy atom. The average Bonchev–Trinajstić information content (AvgIpc) is 3.18. The second-order valence-corrected chi connectivity index (χ2v) is 8.24. The minimum atomic E-state index is -0.614. The van der Waals surface area contributed by atoms with E-state index in [9.17, 15) is 14.0 Å². The normalized spacial score (nSPS) is 21.2. The van der Waals surface area contributed by atoms with Crippen LogP contribution in [0.4, 0.5) is 15.0 Å². The van der Waals surface area contributed by atoms with Crippen LogP contribution in [0.1, 0.15) is 42.9 Å². The standard InChI is InChI=1S/C21H24ClFN4O4/c22-16-2-1-3-17(23)15(16)11-24-21(29)31-14-8-13(9-14)18-10-19(27-26-18)25-20(28)12-4-6-30-7-5-12/h1-3,10,12-14H,4-9,11H2,(H,24,29)(H2,25,26,27,28)/t13-,14+. The number of halogens is 2. The van der Waals surface area contributed by atoms with Crippen LogP contribution in [0.25, 0.3) is 0 Å². The van der Waals surface area contributed by atoms with Gasteiger partial charge < -0.3 is 20.1 Å². The summed E-state index contributed by atoms with van der Waals surface area (Å²) in [6.45, 7) is 1.17. The van der Waals surface area contributed by atoms with Gasteiger partial charge in [-0.2, -0.15) is 5.10 Å². The molecule has 2 aromatic rings. The number of H-pyrrole nitrogens is 1. The predicted molar refractivity (Wildman–Crippen MR) is 111 cm³/mol. The number of alkyl carbamates (subject to hydrolysis) is 1. The number of rotatable bonds is 6. The highest BCUT2D eigenvalue weighted by molar-refractivity contribution is 6.31. The number of carbonyl (C=O) groups excluding carboxylic acids is 2. The first-order valence-electron chi connectivity index (χ1n) is 10.3. The van der Waals surface area contributed by atoms with E-state index in [1.165, 1.54) is 12.1 Å². The van der Waals surface area contributed by atoms with Crippen LogP contribution in [0.15, 0.2) is 24.3 Å². The number of hydrogen-bond donors (Lipinski definition) is 3. The third kappa shape index (κ3) is 5.34. The number of amides is 2. The van der Waals surface area contributed by atoms with Crippen molar-refractivity contribution >= 4 is 29.4 Å². The Morgan fingerprint density at radius 2 is 2.06 bits per heavy atom. The molecule has 2 fully saturated rings. The van der Waals surface area contributed by atoms with Crippen molar-refractivity contribution < 1.29 is 23.5 Å². The molecule has 166 valence electrons. The van der Waals surface area contributed by atoms with Gasteiger partial charge in [-0.05, 0) is 37.8 Å². The summed E-state index contributed by atoms with van der Waals surface area (Å²) in [5, 5.41) is 12.7. The number of carbonyl (C=O) groups is 2.